The van der Waals surface area contributed by atoms with Gasteiger partial charge in [0.2, 0.25) is 0 Å². The summed E-state index contributed by atoms with van der Waals surface area (Å²) < 4.78 is 25.5. The SMILES string of the molecule is Cn1cc(C#N)cc1C(=O)OC[C@H]1Cc2cc(F)ccc2O1. The fourth-order valence-electron chi connectivity index (χ4n) is 2.45. The molecular formula is C16H13FN2O3. The van der Waals surface area contributed by atoms with Gasteiger partial charge in [0, 0.05) is 25.2 Å². The summed E-state index contributed by atoms with van der Waals surface area (Å²) in [6, 6.07) is 7.77. The van der Waals surface area contributed by atoms with E-state index in [9.17, 15) is 9.18 Å². The number of carbonyl (C=O) groups excluding carboxylic acids is 1. The van der Waals surface area contributed by atoms with E-state index in [0.717, 1.165) is 5.56 Å². The van der Waals surface area contributed by atoms with E-state index >= 15 is 0 Å². The molecule has 3 rings (SSSR count). The summed E-state index contributed by atoms with van der Waals surface area (Å²) in [5, 5.41) is 8.82. The molecule has 0 amide bonds. The maximum atomic E-state index is 13.1. The quantitative estimate of drug-likeness (QED) is 0.815. The Morgan fingerprint density at radius 3 is 3.09 bits per heavy atom. The smallest absolute Gasteiger partial charge is 0.355 e. The van der Waals surface area contributed by atoms with Crippen LogP contribution < -0.4 is 4.74 Å². The first-order chi connectivity index (χ1) is 10.6. The zero-order chi connectivity index (χ0) is 15.7. The molecule has 2 heterocycles. The van der Waals surface area contributed by atoms with Crippen LogP contribution >= 0.6 is 0 Å². The monoisotopic (exact) mass is 300 g/mol. The van der Waals surface area contributed by atoms with Crippen LogP contribution in [-0.2, 0) is 18.2 Å². The van der Waals surface area contributed by atoms with Gasteiger partial charge in [0.25, 0.3) is 0 Å². The summed E-state index contributed by atoms with van der Waals surface area (Å²) in [5.41, 5.74) is 1.47. The van der Waals surface area contributed by atoms with E-state index in [-0.39, 0.29) is 18.5 Å². The third kappa shape index (κ3) is 2.66. The summed E-state index contributed by atoms with van der Waals surface area (Å²) in [6.45, 7) is 0.0716. The first-order valence-corrected chi connectivity index (χ1v) is 6.75. The van der Waals surface area contributed by atoms with Crippen LogP contribution in [0.4, 0.5) is 4.39 Å². The standard InChI is InChI=1S/C16H13FN2O3/c1-19-8-10(7-18)4-14(19)16(20)21-9-13-6-11-5-12(17)2-3-15(11)22-13/h2-5,8,13H,6,9H2,1H3/t13-/m1/s1. The highest BCUT2D eigenvalue weighted by molar-refractivity contribution is 5.88. The normalized spacial score (nSPS) is 15.8. The van der Waals surface area contributed by atoms with Crippen LogP contribution in [0, 0.1) is 17.1 Å². The molecule has 0 unspecified atom stereocenters. The summed E-state index contributed by atoms with van der Waals surface area (Å²) in [7, 11) is 1.67. The number of nitriles is 1. The Bertz CT molecular complexity index is 776. The Balaban J connectivity index is 1.61. The predicted molar refractivity (Wildman–Crippen MR) is 74.9 cm³/mol. The topological polar surface area (TPSA) is 64.2 Å². The van der Waals surface area contributed by atoms with E-state index in [0.29, 0.717) is 23.4 Å². The van der Waals surface area contributed by atoms with Gasteiger partial charge in [-0.2, -0.15) is 5.26 Å². The van der Waals surface area contributed by atoms with Crippen LogP contribution in [0.5, 0.6) is 5.75 Å². The maximum Gasteiger partial charge on any atom is 0.355 e. The second kappa shape index (κ2) is 5.53. The number of rotatable bonds is 3. The van der Waals surface area contributed by atoms with Crippen molar-refractivity contribution >= 4 is 5.97 Å². The Morgan fingerprint density at radius 2 is 2.36 bits per heavy atom. The van der Waals surface area contributed by atoms with Crippen molar-refractivity contribution in [2.75, 3.05) is 6.61 Å². The largest absolute Gasteiger partial charge is 0.486 e. The third-order valence-electron chi connectivity index (χ3n) is 3.51. The molecule has 0 N–H and O–H groups in total. The van der Waals surface area contributed by atoms with E-state index < -0.39 is 5.97 Å². The van der Waals surface area contributed by atoms with E-state index in [1.54, 1.807) is 23.9 Å². The van der Waals surface area contributed by atoms with Crippen molar-refractivity contribution in [3.8, 4) is 11.8 Å². The molecule has 0 bridgehead atoms. The highest BCUT2D eigenvalue weighted by atomic mass is 19.1. The average molecular weight is 300 g/mol. The lowest BCUT2D eigenvalue weighted by molar-refractivity contribution is 0.0336. The molecular weight excluding hydrogens is 287 g/mol. The van der Waals surface area contributed by atoms with Crippen molar-refractivity contribution in [1.29, 1.82) is 5.26 Å². The lowest BCUT2D eigenvalue weighted by atomic mass is 10.1. The van der Waals surface area contributed by atoms with Gasteiger partial charge < -0.3 is 14.0 Å². The Labute approximate surface area is 126 Å². The van der Waals surface area contributed by atoms with Crippen molar-refractivity contribution in [3.05, 3.63) is 53.1 Å². The van der Waals surface area contributed by atoms with Crippen molar-refractivity contribution < 1.29 is 18.7 Å². The second-order valence-corrected chi connectivity index (χ2v) is 5.13. The van der Waals surface area contributed by atoms with Crippen LogP contribution in [-0.4, -0.2) is 23.2 Å². The van der Waals surface area contributed by atoms with E-state index in [1.807, 2.05) is 6.07 Å². The van der Waals surface area contributed by atoms with Crippen LogP contribution in [0.15, 0.2) is 30.5 Å². The first-order valence-electron chi connectivity index (χ1n) is 6.75. The molecule has 1 atom stereocenters. The summed E-state index contributed by atoms with van der Waals surface area (Å²) >= 11 is 0. The molecule has 0 radical (unpaired) electrons. The number of ether oxygens (including phenoxy) is 2. The minimum Gasteiger partial charge on any atom is -0.486 e. The first kappa shape index (κ1) is 14.1. The summed E-state index contributed by atoms with van der Waals surface area (Å²) in [6.07, 6.45) is 1.73. The minimum absolute atomic E-state index is 0.0716. The van der Waals surface area contributed by atoms with Crippen LogP contribution in [0.2, 0.25) is 0 Å². The number of benzene rings is 1. The molecule has 2 aromatic rings. The molecule has 22 heavy (non-hydrogen) atoms. The van der Waals surface area contributed by atoms with Gasteiger partial charge in [-0.05, 0) is 24.3 Å². The Hall–Kier alpha value is -2.81. The fraction of sp³-hybridized carbons (Fsp3) is 0.250. The number of nitrogens with zero attached hydrogens (tertiary/aromatic N) is 2. The molecule has 1 aromatic heterocycles. The van der Waals surface area contributed by atoms with Crippen molar-refractivity contribution in [2.45, 2.75) is 12.5 Å². The van der Waals surface area contributed by atoms with Crippen LogP contribution in [0.3, 0.4) is 0 Å². The number of fused-ring (bicyclic) bond motifs is 1. The lowest BCUT2D eigenvalue weighted by Crippen LogP contribution is -2.23. The van der Waals surface area contributed by atoms with E-state index in [2.05, 4.69) is 0 Å². The van der Waals surface area contributed by atoms with Crippen LogP contribution in [0.1, 0.15) is 21.6 Å². The average Bonchev–Trinajstić information content (AvgIpc) is 3.07. The van der Waals surface area contributed by atoms with Gasteiger partial charge in [0.05, 0.1) is 5.56 Å². The molecule has 112 valence electrons. The number of carbonyl (C=O) groups is 1. The molecule has 0 aliphatic carbocycles. The highest BCUT2D eigenvalue weighted by Gasteiger charge is 2.25. The number of halogens is 1. The van der Waals surface area contributed by atoms with E-state index in [1.165, 1.54) is 18.2 Å². The summed E-state index contributed by atoms with van der Waals surface area (Å²) in [4.78, 5) is 12.0. The van der Waals surface area contributed by atoms with Gasteiger partial charge in [0.1, 0.15) is 36.0 Å². The third-order valence-corrected chi connectivity index (χ3v) is 3.51. The molecule has 0 spiro atoms. The Kier molecular flexibility index (Phi) is 3.55. The number of aryl methyl sites for hydroxylation is 1. The van der Waals surface area contributed by atoms with Gasteiger partial charge in [0.15, 0.2) is 0 Å². The van der Waals surface area contributed by atoms with Crippen LogP contribution in [0.25, 0.3) is 0 Å². The Morgan fingerprint density at radius 1 is 1.55 bits per heavy atom. The fourth-order valence-corrected chi connectivity index (χ4v) is 2.45. The van der Waals surface area contributed by atoms with Gasteiger partial charge in [-0.15, -0.1) is 0 Å². The molecule has 6 heteroatoms. The molecule has 0 fully saturated rings. The molecule has 0 saturated carbocycles. The van der Waals surface area contributed by atoms with Gasteiger partial charge in [-0.25, -0.2) is 9.18 Å². The number of hydrogen-bond donors (Lipinski definition) is 0. The second-order valence-electron chi connectivity index (χ2n) is 5.13. The maximum absolute atomic E-state index is 13.1. The van der Waals surface area contributed by atoms with Gasteiger partial charge in [-0.3, -0.25) is 0 Å². The van der Waals surface area contributed by atoms with E-state index in [4.69, 9.17) is 14.7 Å². The van der Waals surface area contributed by atoms with Gasteiger partial charge in [-0.1, -0.05) is 0 Å². The minimum atomic E-state index is -0.519. The molecule has 1 aliphatic heterocycles. The molecule has 1 aromatic carbocycles. The molecule has 5 nitrogen and oxygen atoms in total. The summed E-state index contributed by atoms with van der Waals surface area (Å²) in [5.74, 6) is -0.212. The highest BCUT2D eigenvalue weighted by Crippen LogP contribution is 2.29. The van der Waals surface area contributed by atoms with Crippen molar-refractivity contribution in [3.63, 3.8) is 0 Å². The molecule has 0 saturated heterocycles. The lowest BCUT2D eigenvalue weighted by Gasteiger charge is -2.11. The van der Waals surface area contributed by atoms with Crippen molar-refractivity contribution in [2.24, 2.45) is 7.05 Å². The van der Waals surface area contributed by atoms with Crippen molar-refractivity contribution in [1.82, 2.24) is 4.57 Å². The molecule has 1 aliphatic rings. The zero-order valence-corrected chi connectivity index (χ0v) is 11.9. The van der Waals surface area contributed by atoms with Gasteiger partial charge >= 0.3 is 5.97 Å². The number of esters is 1. The number of aromatic nitrogens is 1. The predicted octanol–water partition coefficient (Wildman–Crippen LogP) is 2.20. The number of hydrogen-bond acceptors (Lipinski definition) is 4. The zero-order valence-electron chi connectivity index (χ0n) is 11.9.